The molecule has 0 aliphatic carbocycles. The van der Waals surface area contributed by atoms with Crippen LogP contribution in [0, 0.1) is 5.92 Å². The highest BCUT2D eigenvalue weighted by atomic mass is 16.5. The molecule has 1 rings (SSSR count). The molecule has 1 aromatic rings. The van der Waals surface area contributed by atoms with Gasteiger partial charge in [0.2, 0.25) is 0 Å². The highest BCUT2D eigenvalue weighted by Crippen LogP contribution is 2.28. The topological polar surface area (TPSA) is 73.8 Å². The zero-order valence-electron chi connectivity index (χ0n) is 11.6. The van der Waals surface area contributed by atoms with Gasteiger partial charge >= 0.3 is 0 Å². The second kappa shape index (κ2) is 8.61. The standard InChI is InChI=1S/C14H24N2O3/c1-11(2)10-16-13-4-3-12(15-5-6-17)9-14(13)19-8-7-18/h3-4,9,11,15-18H,5-8,10H2,1-2H3. The Morgan fingerprint density at radius 2 is 1.95 bits per heavy atom. The number of nitrogens with one attached hydrogen (secondary N) is 2. The summed E-state index contributed by atoms with van der Waals surface area (Å²) >= 11 is 0. The van der Waals surface area contributed by atoms with Crippen LogP contribution in [-0.4, -0.2) is 43.1 Å². The fourth-order valence-electron chi connectivity index (χ4n) is 1.57. The minimum Gasteiger partial charge on any atom is -0.489 e. The number of ether oxygens (including phenoxy) is 1. The fourth-order valence-corrected chi connectivity index (χ4v) is 1.57. The van der Waals surface area contributed by atoms with Crippen molar-refractivity contribution in [1.29, 1.82) is 0 Å². The van der Waals surface area contributed by atoms with Gasteiger partial charge in [0.1, 0.15) is 12.4 Å². The Labute approximate surface area is 114 Å². The molecule has 0 atom stereocenters. The van der Waals surface area contributed by atoms with E-state index in [9.17, 15) is 0 Å². The molecule has 0 saturated heterocycles. The fraction of sp³-hybridized carbons (Fsp3) is 0.571. The summed E-state index contributed by atoms with van der Waals surface area (Å²) in [6.07, 6.45) is 0. The third kappa shape index (κ3) is 5.81. The Balaban J connectivity index is 2.76. The molecule has 0 bridgehead atoms. The summed E-state index contributed by atoms with van der Waals surface area (Å²) in [5.74, 6) is 1.25. The lowest BCUT2D eigenvalue weighted by Crippen LogP contribution is -2.11. The van der Waals surface area contributed by atoms with Crippen LogP contribution in [-0.2, 0) is 0 Å². The van der Waals surface area contributed by atoms with Crippen molar-refractivity contribution in [3.8, 4) is 5.75 Å². The second-order valence-corrected chi connectivity index (χ2v) is 4.71. The first-order valence-corrected chi connectivity index (χ1v) is 6.63. The van der Waals surface area contributed by atoms with Gasteiger partial charge in [0, 0.05) is 24.8 Å². The van der Waals surface area contributed by atoms with Crippen molar-refractivity contribution in [1.82, 2.24) is 0 Å². The average Bonchev–Trinajstić information content (AvgIpc) is 2.41. The van der Waals surface area contributed by atoms with Crippen LogP contribution < -0.4 is 15.4 Å². The maximum atomic E-state index is 8.85. The van der Waals surface area contributed by atoms with Gasteiger partial charge in [-0.3, -0.25) is 0 Å². The van der Waals surface area contributed by atoms with Crippen molar-refractivity contribution in [3.63, 3.8) is 0 Å². The molecular weight excluding hydrogens is 244 g/mol. The molecule has 5 nitrogen and oxygen atoms in total. The summed E-state index contributed by atoms with van der Waals surface area (Å²) in [6.45, 7) is 5.96. The summed E-state index contributed by atoms with van der Waals surface area (Å²) in [5, 5.41) is 24.1. The van der Waals surface area contributed by atoms with E-state index < -0.39 is 0 Å². The van der Waals surface area contributed by atoms with Crippen LogP contribution in [0.15, 0.2) is 18.2 Å². The monoisotopic (exact) mass is 268 g/mol. The summed E-state index contributed by atoms with van der Waals surface area (Å²) in [6, 6.07) is 5.74. The Kier molecular flexibility index (Phi) is 7.07. The molecule has 0 unspecified atom stereocenters. The van der Waals surface area contributed by atoms with E-state index in [1.807, 2.05) is 18.2 Å². The minimum absolute atomic E-state index is 0.0160. The first-order chi connectivity index (χ1) is 9.17. The van der Waals surface area contributed by atoms with E-state index in [2.05, 4.69) is 24.5 Å². The highest BCUT2D eigenvalue weighted by molar-refractivity contribution is 5.63. The van der Waals surface area contributed by atoms with E-state index >= 15 is 0 Å². The molecule has 0 spiro atoms. The van der Waals surface area contributed by atoms with Gasteiger partial charge in [0.05, 0.1) is 18.9 Å². The zero-order chi connectivity index (χ0) is 14.1. The lowest BCUT2D eigenvalue weighted by atomic mass is 10.2. The second-order valence-electron chi connectivity index (χ2n) is 4.71. The Morgan fingerprint density at radius 3 is 2.58 bits per heavy atom. The molecule has 0 aromatic heterocycles. The number of aliphatic hydroxyl groups is 2. The Bertz CT molecular complexity index is 370. The summed E-state index contributed by atoms with van der Waals surface area (Å²) < 4.78 is 5.52. The largest absolute Gasteiger partial charge is 0.489 e. The molecule has 0 aliphatic heterocycles. The molecule has 0 saturated carbocycles. The summed E-state index contributed by atoms with van der Waals surface area (Å²) in [4.78, 5) is 0. The lowest BCUT2D eigenvalue weighted by Gasteiger charge is -2.16. The van der Waals surface area contributed by atoms with Crippen LogP contribution in [0.3, 0.4) is 0 Å². The number of rotatable bonds is 9. The number of anilines is 2. The number of benzene rings is 1. The predicted octanol–water partition coefficient (Wildman–Crippen LogP) is 1.53. The smallest absolute Gasteiger partial charge is 0.144 e. The van der Waals surface area contributed by atoms with Crippen LogP contribution in [0.4, 0.5) is 11.4 Å². The van der Waals surface area contributed by atoms with Gasteiger partial charge in [-0.15, -0.1) is 0 Å². The maximum Gasteiger partial charge on any atom is 0.144 e. The van der Waals surface area contributed by atoms with Crippen molar-refractivity contribution >= 4 is 11.4 Å². The molecule has 108 valence electrons. The normalized spacial score (nSPS) is 10.6. The summed E-state index contributed by atoms with van der Waals surface area (Å²) in [7, 11) is 0. The highest BCUT2D eigenvalue weighted by Gasteiger charge is 2.06. The first-order valence-electron chi connectivity index (χ1n) is 6.63. The molecular formula is C14H24N2O3. The van der Waals surface area contributed by atoms with E-state index in [1.165, 1.54) is 0 Å². The third-order valence-electron chi connectivity index (χ3n) is 2.47. The third-order valence-corrected chi connectivity index (χ3v) is 2.47. The van der Waals surface area contributed by atoms with Crippen LogP contribution >= 0.6 is 0 Å². The maximum absolute atomic E-state index is 8.85. The van der Waals surface area contributed by atoms with Crippen molar-refractivity contribution in [2.24, 2.45) is 5.92 Å². The lowest BCUT2D eigenvalue weighted by molar-refractivity contribution is 0.202. The van der Waals surface area contributed by atoms with E-state index in [-0.39, 0.29) is 19.8 Å². The van der Waals surface area contributed by atoms with Crippen molar-refractivity contribution < 1.29 is 14.9 Å². The Morgan fingerprint density at radius 1 is 1.16 bits per heavy atom. The molecule has 1 aromatic carbocycles. The van der Waals surface area contributed by atoms with E-state index in [4.69, 9.17) is 14.9 Å². The minimum atomic E-state index is -0.0160. The van der Waals surface area contributed by atoms with Gasteiger partial charge in [-0.25, -0.2) is 0 Å². The quantitative estimate of drug-likeness (QED) is 0.546. The molecule has 0 aliphatic rings. The van der Waals surface area contributed by atoms with E-state index in [1.54, 1.807) is 0 Å². The molecule has 19 heavy (non-hydrogen) atoms. The molecule has 4 N–H and O–H groups in total. The van der Waals surface area contributed by atoms with Crippen molar-refractivity contribution in [3.05, 3.63) is 18.2 Å². The van der Waals surface area contributed by atoms with Gasteiger partial charge < -0.3 is 25.6 Å². The SMILES string of the molecule is CC(C)CNc1ccc(NCCO)cc1OCCO. The zero-order valence-corrected chi connectivity index (χ0v) is 11.6. The number of aliphatic hydroxyl groups excluding tert-OH is 2. The van der Waals surface area contributed by atoms with Gasteiger partial charge in [0.25, 0.3) is 0 Å². The number of hydrogen-bond acceptors (Lipinski definition) is 5. The first kappa shape index (κ1) is 15.6. The molecule has 0 fully saturated rings. The van der Waals surface area contributed by atoms with Crippen LogP contribution in [0.1, 0.15) is 13.8 Å². The molecule has 0 heterocycles. The average molecular weight is 268 g/mol. The van der Waals surface area contributed by atoms with E-state index in [0.29, 0.717) is 18.2 Å². The van der Waals surface area contributed by atoms with Crippen LogP contribution in [0.5, 0.6) is 5.75 Å². The van der Waals surface area contributed by atoms with Crippen molar-refractivity contribution in [2.45, 2.75) is 13.8 Å². The summed E-state index contributed by atoms with van der Waals surface area (Å²) in [5.41, 5.74) is 1.80. The molecule has 5 heteroatoms. The van der Waals surface area contributed by atoms with Crippen LogP contribution in [0.25, 0.3) is 0 Å². The number of hydrogen-bond donors (Lipinski definition) is 4. The van der Waals surface area contributed by atoms with Crippen molar-refractivity contribution in [2.75, 3.05) is 43.5 Å². The molecule has 0 radical (unpaired) electrons. The molecule has 0 amide bonds. The Hall–Kier alpha value is -1.46. The van der Waals surface area contributed by atoms with Gasteiger partial charge in [-0.2, -0.15) is 0 Å². The van der Waals surface area contributed by atoms with Gasteiger partial charge in [-0.1, -0.05) is 13.8 Å². The van der Waals surface area contributed by atoms with E-state index in [0.717, 1.165) is 17.9 Å². The van der Waals surface area contributed by atoms with Crippen LogP contribution in [0.2, 0.25) is 0 Å². The van der Waals surface area contributed by atoms with Gasteiger partial charge in [-0.05, 0) is 18.1 Å². The van der Waals surface area contributed by atoms with Gasteiger partial charge in [0.15, 0.2) is 0 Å². The predicted molar refractivity (Wildman–Crippen MR) is 77.9 cm³/mol.